The molecule has 0 aromatic heterocycles. The Labute approximate surface area is 94.0 Å². The maximum atomic E-state index is 5.60. The van der Waals surface area contributed by atoms with E-state index in [1.54, 1.807) is 0 Å². The maximum Gasteiger partial charge on any atom is 0.0534 e. The van der Waals surface area contributed by atoms with E-state index in [-0.39, 0.29) is 0 Å². The van der Waals surface area contributed by atoms with Crippen LogP contribution >= 0.6 is 0 Å². The van der Waals surface area contributed by atoms with Gasteiger partial charge < -0.3 is 9.64 Å². The molecule has 1 aliphatic carbocycles. The van der Waals surface area contributed by atoms with Gasteiger partial charge in [-0.1, -0.05) is 6.92 Å². The predicted molar refractivity (Wildman–Crippen MR) is 63.0 cm³/mol. The number of nitrogens with zero attached hydrogens (tertiary/aromatic N) is 1. The molecule has 88 valence electrons. The number of likely N-dealkylation sites (tertiary alicyclic amines) is 1. The summed E-state index contributed by atoms with van der Waals surface area (Å²) < 4.78 is 5.60. The maximum absolute atomic E-state index is 5.60. The van der Waals surface area contributed by atoms with Crippen LogP contribution in [0, 0.1) is 11.3 Å². The lowest BCUT2D eigenvalue weighted by Gasteiger charge is -2.33. The fraction of sp³-hybridized carbons (Fsp3) is 1.00. The smallest absolute Gasteiger partial charge is 0.0534 e. The number of hydrogen-bond donors (Lipinski definition) is 0. The van der Waals surface area contributed by atoms with E-state index in [0.717, 1.165) is 19.1 Å². The molecule has 1 aliphatic heterocycles. The molecule has 2 aliphatic rings. The van der Waals surface area contributed by atoms with Crippen molar-refractivity contribution in [2.24, 2.45) is 11.3 Å². The van der Waals surface area contributed by atoms with Gasteiger partial charge in [0.2, 0.25) is 0 Å². The minimum absolute atomic E-state index is 0.552. The van der Waals surface area contributed by atoms with Gasteiger partial charge in [-0.2, -0.15) is 0 Å². The van der Waals surface area contributed by atoms with E-state index in [0.29, 0.717) is 5.41 Å². The molecule has 1 heterocycles. The highest BCUT2D eigenvalue weighted by Crippen LogP contribution is 2.46. The first kappa shape index (κ1) is 11.4. The molecule has 2 rings (SSSR count). The SMILES string of the molecule is CCOCC1(CN2CCC(C)CC2)CC1. The highest BCUT2D eigenvalue weighted by Gasteiger charge is 2.44. The lowest BCUT2D eigenvalue weighted by atomic mass is 9.97. The van der Waals surface area contributed by atoms with E-state index in [1.807, 2.05) is 0 Å². The van der Waals surface area contributed by atoms with Crippen LogP contribution in [-0.2, 0) is 4.74 Å². The van der Waals surface area contributed by atoms with Crippen LogP contribution < -0.4 is 0 Å². The second kappa shape index (κ2) is 4.84. The minimum Gasteiger partial charge on any atom is -0.381 e. The van der Waals surface area contributed by atoms with Crippen molar-refractivity contribution in [3.05, 3.63) is 0 Å². The van der Waals surface area contributed by atoms with Gasteiger partial charge in [0.15, 0.2) is 0 Å². The monoisotopic (exact) mass is 211 g/mol. The van der Waals surface area contributed by atoms with Crippen molar-refractivity contribution in [1.82, 2.24) is 4.90 Å². The van der Waals surface area contributed by atoms with Gasteiger partial charge in [-0.15, -0.1) is 0 Å². The zero-order chi connectivity index (χ0) is 10.7. The Morgan fingerprint density at radius 2 is 1.93 bits per heavy atom. The zero-order valence-corrected chi connectivity index (χ0v) is 10.3. The van der Waals surface area contributed by atoms with Gasteiger partial charge in [-0.3, -0.25) is 0 Å². The first-order valence-corrected chi connectivity index (χ1v) is 6.54. The van der Waals surface area contributed by atoms with Crippen LogP contribution in [0.1, 0.15) is 39.5 Å². The summed E-state index contributed by atoms with van der Waals surface area (Å²) in [6.45, 7) is 10.3. The molecular weight excluding hydrogens is 186 g/mol. The van der Waals surface area contributed by atoms with Gasteiger partial charge in [-0.05, 0) is 51.6 Å². The molecule has 15 heavy (non-hydrogen) atoms. The van der Waals surface area contributed by atoms with Crippen molar-refractivity contribution in [3.63, 3.8) is 0 Å². The molecule has 0 spiro atoms. The van der Waals surface area contributed by atoms with Crippen molar-refractivity contribution >= 4 is 0 Å². The lowest BCUT2D eigenvalue weighted by molar-refractivity contribution is 0.0692. The van der Waals surface area contributed by atoms with Gasteiger partial charge >= 0.3 is 0 Å². The summed E-state index contributed by atoms with van der Waals surface area (Å²) in [6.07, 6.45) is 5.56. The molecule has 0 bridgehead atoms. The Hall–Kier alpha value is -0.0800. The van der Waals surface area contributed by atoms with Crippen LogP contribution in [0.3, 0.4) is 0 Å². The summed E-state index contributed by atoms with van der Waals surface area (Å²) in [5.74, 6) is 0.947. The Morgan fingerprint density at radius 1 is 1.27 bits per heavy atom. The highest BCUT2D eigenvalue weighted by molar-refractivity contribution is 4.96. The fourth-order valence-electron chi connectivity index (χ4n) is 2.54. The lowest BCUT2D eigenvalue weighted by Crippen LogP contribution is -2.38. The molecule has 0 atom stereocenters. The number of rotatable bonds is 5. The van der Waals surface area contributed by atoms with E-state index >= 15 is 0 Å². The van der Waals surface area contributed by atoms with Crippen LogP contribution in [0.2, 0.25) is 0 Å². The highest BCUT2D eigenvalue weighted by atomic mass is 16.5. The molecule has 0 N–H and O–H groups in total. The first-order chi connectivity index (χ1) is 7.24. The van der Waals surface area contributed by atoms with Crippen molar-refractivity contribution in [1.29, 1.82) is 0 Å². The molecule has 1 saturated heterocycles. The first-order valence-electron chi connectivity index (χ1n) is 6.54. The molecule has 2 fully saturated rings. The van der Waals surface area contributed by atoms with Crippen molar-refractivity contribution in [2.45, 2.75) is 39.5 Å². The van der Waals surface area contributed by atoms with E-state index in [2.05, 4.69) is 18.7 Å². The molecule has 2 nitrogen and oxygen atoms in total. The summed E-state index contributed by atoms with van der Waals surface area (Å²) >= 11 is 0. The molecular formula is C13H25NO. The van der Waals surface area contributed by atoms with E-state index in [4.69, 9.17) is 4.74 Å². The third-order valence-electron chi connectivity index (χ3n) is 4.00. The van der Waals surface area contributed by atoms with E-state index in [1.165, 1.54) is 45.3 Å². The predicted octanol–water partition coefficient (Wildman–Crippen LogP) is 2.54. The molecule has 0 amide bonds. The Balaban J connectivity index is 1.72. The number of ether oxygens (including phenoxy) is 1. The summed E-state index contributed by atoms with van der Waals surface area (Å²) in [5.41, 5.74) is 0.552. The third-order valence-corrected chi connectivity index (χ3v) is 4.00. The Bertz CT molecular complexity index is 193. The Kier molecular flexibility index (Phi) is 3.68. The molecule has 0 aromatic rings. The molecule has 0 unspecified atom stereocenters. The van der Waals surface area contributed by atoms with E-state index in [9.17, 15) is 0 Å². The molecule has 1 saturated carbocycles. The second-order valence-corrected chi connectivity index (χ2v) is 5.60. The average Bonchev–Trinajstić information content (AvgIpc) is 3.00. The van der Waals surface area contributed by atoms with E-state index < -0.39 is 0 Å². The summed E-state index contributed by atoms with van der Waals surface area (Å²) in [6, 6.07) is 0. The number of hydrogen-bond acceptors (Lipinski definition) is 2. The van der Waals surface area contributed by atoms with Crippen LogP contribution in [0.25, 0.3) is 0 Å². The van der Waals surface area contributed by atoms with Gasteiger partial charge in [0.05, 0.1) is 6.61 Å². The van der Waals surface area contributed by atoms with Crippen LogP contribution in [0.5, 0.6) is 0 Å². The van der Waals surface area contributed by atoms with Gasteiger partial charge in [0, 0.05) is 18.6 Å². The number of piperidine rings is 1. The van der Waals surface area contributed by atoms with Crippen molar-refractivity contribution < 1.29 is 4.74 Å². The zero-order valence-electron chi connectivity index (χ0n) is 10.3. The van der Waals surface area contributed by atoms with Crippen LogP contribution in [0.15, 0.2) is 0 Å². The van der Waals surface area contributed by atoms with Crippen LogP contribution in [0.4, 0.5) is 0 Å². The largest absolute Gasteiger partial charge is 0.381 e. The summed E-state index contributed by atoms with van der Waals surface area (Å²) in [4.78, 5) is 2.66. The third kappa shape index (κ3) is 3.18. The minimum atomic E-state index is 0.552. The normalized spacial score (nSPS) is 26.8. The second-order valence-electron chi connectivity index (χ2n) is 5.60. The summed E-state index contributed by atoms with van der Waals surface area (Å²) in [5, 5.41) is 0. The van der Waals surface area contributed by atoms with Gasteiger partial charge in [0.25, 0.3) is 0 Å². The Morgan fingerprint density at radius 3 is 2.47 bits per heavy atom. The van der Waals surface area contributed by atoms with Crippen molar-refractivity contribution in [3.8, 4) is 0 Å². The molecule has 2 heteroatoms. The van der Waals surface area contributed by atoms with Crippen LogP contribution in [-0.4, -0.2) is 37.7 Å². The topological polar surface area (TPSA) is 12.5 Å². The van der Waals surface area contributed by atoms with Crippen molar-refractivity contribution in [2.75, 3.05) is 32.8 Å². The fourth-order valence-corrected chi connectivity index (χ4v) is 2.54. The standard InChI is InChI=1S/C13H25NO/c1-3-15-11-13(6-7-13)10-14-8-4-12(2)5-9-14/h12H,3-11H2,1-2H3. The average molecular weight is 211 g/mol. The quantitative estimate of drug-likeness (QED) is 0.693. The summed E-state index contributed by atoms with van der Waals surface area (Å²) in [7, 11) is 0. The van der Waals surface area contributed by atoms with Gasteiger partial charge in [-0.25, -0.2) is 0 Å². The van der Waals surface area contributed by atoms with Gasteiger partial charge in [0.1, 0.15) is 0 Å². The molecule has 0 aromatic carbocycles. The molecule has 0 radical (unpaired) electrons.